The maximum atomic E-state index is 4.60. The quantitative estimate of drug-likeness (QED) is 0.173. The third kappa shape index (κ3) is 11.6. The summed E-state index contributed by atoms with van der Waals surface area (Å²) in [4.78, 5) is 17.5. The Morgan fingerprint density at radius 2 is 0.909 bits per heavy atom. The van der Waals surface area contributed by atoms with E-state index in [2.05, 4.69) is 94.7 Å². The van der Waals surface area contributed by atoms with Crippen molar-refractivity contribution < 1.29 is 32.7 Å². The van der Waals surface area contributed by atoms with Crippen LogP contribution in [0.3, 0.4) is 0 Å². The molecule has 44 heavy (non-hydrogen) atoms. The molecule has 4 nitrogen and oxygen atoms in total. The van der Waals surface area contributed by atoms with E-state index in [0.717, 1.165) is 50.1 Å². The molecule has 0 amide bonds. The molecule has 2 aromatic heterocycles. The molecule has 5 heteroatoms. The molecule has 0 spiro atoms. The molecule has 0 aliphatic carbocycles. The molecule has 0 saturated carbocycles. The van der Waals surface area contributed by atoms with Crippen LogP contribution in [-0.2, 0) is 32.7 Å². The van der Waals surface area contributed by atoms with E-state index in [-0.39, 0.29) is 62.4 Å². The minimum Gasteiger partial charge on any atom is -0.366 e. The summed E-state index contributed by atoms with van der Waals surface area (Å²) in [6.07, 6.45) is 2.72. The Labute approximate surface area is 293 Å². The van der Waals surface area contributed by atoms with E-state index >= 15 is 0 Å². The summed E-state index contributed by atoms with van der Waals surface area (Å²) in [5, 5.41) is 2.20. The van der Waals surface area contributed by atoms with Crippen LogP contribution in [0, 0.1) is 27.1 Å². The van der Waals surface area contributed by atoms with Crippen molar-refractivity contribution in [2.45, 2.75) is 78.2 Å². The number of benzene rings is 4. The van der Waals surface area contributed by atoms with E-state index in [4.69, 9.17) is 0 Å². The monoisotopic (exact) mass is 666 g/mol. The fourth-order valence-electron chi connectivity index (χ4n) is 4.12. The Bertz CT molecular complexity index is 1620. The van der Waals surface area contributed by atoms with E-state index in [1.54, 1.807) is 0 Å². The molecule has 6 aromatic rings. The van der Waals surface area contributed by atoms with E-state index in [0.29, 0.717) is 0 Å². The molecule has 0 saturated heterocycles. The van der Waals surface area contributed by atoms with Gasteiger partial charge in [-0.15, -0.1) is 0 Å². The van der Waals surface area contributed by atoms with Gasteiger partial charge in [0, 0.05) is 50.0 Å². The van der Waals surface area contributed by atoms with Gasteiger partial charge in [-0.3, -0.25) is 0 Å². The summed E-state index contributed by atoms with van der Waals surface area (Å²) in [5.74, 6) is 0.810. The summed E-state index contributed by atoms with van der Waals surface area (Å²) < 4.78 is 0. The maximum absolute atomic E-state index is 4.60. The van der Waals surface area contributed by atoms with Gasteiger partial charge in [-0.25, -0.2) is 9.97 Å². The van der Waals surface area contributed by atoms with E-state index < -0.39 is 0 Å². The molecule has 0 aliphatic rings. The van der Waals surface area contributed by atoms with Crippen LogP contribution in [0.15, 0.2) is 97.1 Å². The number of nitrogens with zero attached hydrogens (tertiary/aromatic N) is 4. The van der Waals surface area contributed by atoms with Gasteiger partial charge in [0.05, 0.1) is 11.2 Å². The maximum Gasteiger partial charge on any atom is 0.126 e. The van der Waals surface area contributed by atoms with Crippen LogP contribution in [0.2, 0.25) is 0 Å². The third-order valence-corrected chi connectivity index (χ3v) is 5.80. The smallest absolute Gasteiger partial charge is 0.126 e. The zero-order valence-electron chi connectivity index (χ0n) is 24.6. The largest absolute Gasteiger partial charge is 0.366 e. The van der Waals surface area contributed by atoms with Gasteiger partial charge in [0.15, 0.2) is 0 Å². The summed E-state index contributed by atoms with van der Waals surface area (Å²) in [5.41, 5.74) is 8.58. The molecule has 0 fully saturated rings. The fraction of sp³-hybridized carbons (Fsp3) is 0.282. The Morgan fingerprint density at radius 3 is 1.41 bits per heavy atom. The molecule has 233 valence electrons. The average molecular weight is 667 g/mol. The van der Waals surface area contributed by atoms with Crippen molar-refractivity contribution in [3.8, 4) is 22.5 Å². The summed E-state index contributed by atoms with van der Waals surface area (Å²) in [7, 11) is 0. The molecule has 6 rings (SSSR count). The van der Waals surface area contributed by atoms with Crippen molar-refractivity contribution in [3.63, 3.8) is 0 Å². The Kier molecular flexibility index (Phi) is 23.7. The first-order chi connectivity index (χ1) is 19.1. The summed E-state index contributed by atoms with van der Waals surface area (Å²) >= 11 is 0. The van der Waals surface area contributed by atoms with E-state index in [9.17, 15) is 0 Å². The second-order valence-corrected chi connectivity index (χ2v) is 8.56. The van der Waals surface area contributed by atoms with Crippen LogP contribution in [0.4, 0.5) is 0 Å². The number of aryl methyl sites for hydroxylation is 3. The number of fused-ring (bicyclic) bond motifs is 2. The molecule has 0 unspecified atom stereocenters. The van der Waals surface area contributed by atoms with Crippen LogP contribution in [0.5, 0.6) is 0 Å². The molecule has 2 heterocycles. The van der Waals surface area contributed by atoms with Gasteiger partial charge in [-0.1, -0.05) is 164 Å². The minimum atomic E-state index is 0. The zero-order chi connectivity index (χ0) is 28.2. The number of aromatic nitrogens is 4. The topological polar surface area (TPSA) is 51.6 Å². The second kappa shape index (κ2) is 23.1. The van der Waals surface area contributed by atoms with Crippen molar-refractivity contribution >= 4 is 21.8 Å². The van der Waals surface area contributed by atoms with Gasteiger partial charge in [-0.2, -0.15) is 0 Å². The van der Waals surface area contributed by atoms with Gasteiger partial charge >= 0.3 is 0 Å². The molecular weight excluding hydrogens is 613 g/mol. The van der Waals surface area contributed by atoms with Gasteiger partial charge in [-0.05, 0) is 44.1 Å². The van der Waals surface area contributed by atoms with Crippen LogP contribution >= 0.6 is 0 Å². The minimum absolute atomic E-state index is 0. The van der Waals surface area contributed by atoms with Crippen molar-refractivity contribution in [2.75, 3.05) is 0 Å². The van der Waals surface area contributed by atoms with Gasteiger partial charge in [0.2, 0.25) is 0 Å². The van der Waals surface area contributed by atoms with Crippen LogP contribution < -0.4 is 0 Å². The fourth-order valence-corrected chi connectivity index (χ4v) is 4.12. The second-order valence-electron chi connectivity index (χ2n) is 8.56. The SMILES string of the molecule is C.C.C.C.CC.CC.Cc1ccc2n[c-]nc(-c3ccccc3)c2c1.Cc1ccc2nc(C)nc(-c3ccccc3)c2c1.[Y]. The van der Waals surface area contributed by atoms with Crippen molar-refractivity contribution in [2.24, 2.45) is 0 Å². The third-order valence-electron chi connectivity index (χ3n) is 5.80. The van der Waals surface area contributed by atoms with Crippen LogP contribution in [0.25, 0.3) is 44.3 Å². The Morgan fingerprint density at radius 1 is 0.477 bits per heavy atom. The summed E-state index contributed by atoms with van der Waals surface area (Å²) in [6, 6.07) is 32.9. The predicted octanol–water partition coefficient (Wildman–Crippen LogP) is 11.9. The van der Waals surface area contributed by atoms with Gasteiger partial charge in [0.25, 0.3) is 0 Å². The molecule has 0 aliphatic heterocycles. The number of hydrogen-bond donors (Lipinski definition) is 0. The number of hydrogen-bond acceptors (Lipinski definition) is 4. The van der Waals surface area contributed by atoms with E-state index in [1.165, 1.54) is 11.1 Å². The van der Waals surface area contributed by atoms with Crippen molar-refractivity contribution in [1.29, 1.82) is 0 Å². The normalized spacial score (nSPS) is 8.80. The van der Waals surface area contributed by atoms with Crippen LogP contribution in [-0.4, -0.2) is 19.9 Å². The average Bonchev–Trinajstić information content (AvgIpc) is 3.00. The summed E-state index contributed by atoms with van der Waals surface area (Å²) in [6.45, 7) is 14.1. The first-order valence-electron chi connectivity index (χ1n) is 13.6. The standard InChI is InChI=1S/C16H14N2.C15H11N2.2C2H6.4CH4.Y/c1-11-8-9-15-14(10-11)16(18-12(2)17-15)13-6-4-3-5-7-13;1-11-7-8-14-13(9-11)15(17-10-16-14)12-5-3-2-4-6-12;2*1-2;;;;;/h3-10H,1-2H3;2-9H,1H3;2*1-2H3;4*1H4;/q;-1;;;;;;;. The van der Waals surface area contributed by atoms with Crippen molar-refractivity contribution in [3.05, 3.63) is 120 Å². The number of rotatable bonds is 2. The molecule has 1 radical (unpaired) electrons. The van der Waals surface area contributed by atoms with Crippen molar-refractivity contribution in [1.82, 2.24) is 19.9 Å². The predicted molar refractivity (Wildman–Crippen MR) is 193 cm³/mol. The van der Waals surface area contributed by atoms with Gasteiger partial charge < -0.3 is 9.97 Å². The zero-order valence-corrected chi connectivity index (χ0v) is 27.4. The molecule has 0 atom stereocenters. The Hall–Kier alpha value is -3.34. The molecular formula is C39H53N4Y-. The first kappa shape index (κ1) is 45.1. The Balaban J connectivity index is -0.000000623. The van der Waals surface area contributed by atoms with Crippen LogP contribution in [0.1, 0.15) is 74.4 Å². The van der Waals surface area contributed by atoms with E-state index in [1.807, 2.05) is 77.1 Å². The van der Waals surface area contributed by atoms with Gasteiger partial charge in [0.1, 0.15) is 5.82 Å². The molecule has 4 aromatic carbocycles. The first-order valence-corrected chi connectivity index (χ1v) is 13.6. The molecule has 0 bridgehead atoms. The molecule has 0 N–H and O–H groups in total.